The summed E-state index contributed by atoms with van der Waals surface area (Å²) in [5.41, 5.74) is 0. The van der Waals surface area contributed by atoms with Crippen LogP contribution in [0.25, 0.3) is 0 Å². The third-order valence-corrected chi connectivity index (χ3v) is 3.95. The topological polar surface area (TPSA) is 80.9 Å². The number of aromatic nitrogens is 2. The summed E-state index contributed by atoms with van der Waals surface area (Å²) in [5, 5.41) is 3.89. The van der Waals surface area contributed by atoms with Crippen LogP contribution in [0, 0.1) is 5.82 Å². The summed E-state index contributed by atoms with van der Waals surface area (Å²) < 4.78 is 28.6. The van der Waals surface area contributed by atoms with Crippen LogP contribution in [0.4, 0.5) is 9.18 Å². The summed E-state index contributed by atoms with van der Waals surface area (Å²) >= 11 is 0. The second-order valence-electron chi connectivity index (χ2n) is 5.81. The Morgan fingerprint density at radius 2 is 1.96 bits per heavy atom. The lowest BCUT2D eigenvalue weighted by atomic mass is 10.3. The van der Waals surface area contributed by atoms with E-state index in [4.69, 9.17) is 14.0 Å². The predicted octanol–water partition coefficient (Wildman–Crippen LogP) is 2.06. The molecule has 1 saturated heterocycles. The molecule has 1 fully saturated rings. The Hall–Kier alpha value is -2.68. The molecular weight excluding hydrogens is 343 g/mol. The molecule has 2 heterocycles. The second-order valence-corrected chi connectivity index (χ2v) is 5.81. The number of hydrogen-bond donors (Lipinski definition) is 0. The molecule has 1 aromatic heterocycles. The SMILES string of the molecule is CCOC(=O)N1CCN(Cc2nc(COc3ccc(F)cc3)no2)CC1. The van der Waals surface area contributed by atoms with Gasteiger partial charge in [-0.05, 0) is 31.2 Å². The maximum Gasteiger partial charge on any atom is 0.409 e. The van der Waals surface area contributed by atoms with Gasteiger partial charge in [-0.25, -0.2) is 9.18 Å². The number of piperazine rings is 1. The highest BCUT2D eigenvalue weighted by molar-refractivity contribution is 5.67. The van der Waals surface area contributed by atoms with Crippen LogP contribution in [0.1, 0.15) is 18.6 Å². The van der Waals surface area contributed by atoms with Crippen LogP contribution in [0.3, 0.4) is 0 Å². The van der Waals surface area contributed by atoms with E-state index in [2.05, 4.69) is 15.0 Å². The lowest BCUT2D eigenvalue weighted by Crippen LogP contribution is -2.48. The van der Waals surface area contributed by atoms with Crippen LogP contribution in [-0.2, 0) is 17.9 Å². The Morgan fingerprint density at radius 3 is 2.65 bits per heavy atom. The Bertz CT molecular complexity index is 714. The first kappa shape index (κ1) is 18.1. The van der Waals surface area contributed by atoms with Gasteiger partial charge in [0.15, 0.2) is 6.61 Å². The number of carbonyl (C=O) groups is 1. The maximum absolute atomic E-state index is 12.9. The molecule has 0 radical (unpaired) electrons. The van der Waals surface area contributed by atoms with Crippen LogP contribution in [-0.4, -0.2) is 58.8 Å². The van der Waals surface area contributed by atoms with Gasteiger partial charge in [-0.1, -0.05) is 5.16 Å². The molecule has 1 aliphatic heterocycles. The maximum atomic E-state index is 12.9. The van der Waals surface area contributed by atoms with Crippen molar-refractivity contribution in [2.24, 2.45) is 0 Å². The van der Waals surface area contributed by atoms with E-state index in [-0.39, 0.29) is 18.5 Å². The average Bonchev–Trinajstić information content (AvgIpc) is 3.09. The second kappa shape index (κ2) is 8.61. The minimum Gasteiger partial charge on any atom is -0.485 e. The zero-order chi connectivity index (χ0) is 18.4. The van der Waals surface area contributed by atoms with Crippen molar-refractivity contribution in [2.75, 3.05) is 32.8 Å². The molecular formula is C17H21FN4O4. The molecule has 26 heavy (non-hydrogen) atoms. The number of carbonyl (C=O) groups excluding carboxylic acids is 1. The fourth-order valence-electron chi connectivity index (χ4n) is 2.59. The van der Waals surface area contributed by atoms with Crippen molar-refractivity contribution in [3.05, 3.63) is 41.8 Å². The van der Waals surface area contributed by atoms with E-state index in [1.807, 2.05) is 0 Å². The number of rotatable bonds is 6. The predicted molar refractivity (Wildman–Crippen MR) is 88.9 cm³/mol. The highest BCUT2D eigenvalue weighted by atomic mass is 19.1. The molecule has 0 saturated carbocycles. The summed E-state index contributed by atoms with van der Waals surface area (Å²) in [7, 11) is 0. The van der Waals surface area contributed by atoms with Gasteiger partial charge < -0.3 is 18.9 Å². The molecule has 1 amide bonds. The summed E-state index contributed by atoms with van der Waals surface area (Å²) in [5.74, 6) is 1.14. The highest BCUT2D eigenvalue weighted by Crippen LogP contribution is 2.13. The summed E-state index contributed by atoms with van der Waals surface area (Å²) in [6.07, 6.45) is -0.273. The standard InChI is InChI=1S/C17H21FN4O4/c1-2-24-17(23)22-9-7-21(8-10-22)11-16-19-15(20-26-16)12-25-14-5-3-13(18)4-6-14/h3-6H,2,7-12H2,1H3. The van der Waals surface area contributed by atoms with Gasteiger partial charge in [-0.3, -0.25) is 4.90 Å². The van der Waals surface area contributed by atoms with Crippen molar-refractivity contribution in [1.29, 1.82) is 0 Å². The number of amides is 1. The lowest BCUT2D eigenvalue weighted by Gasteiger charge is -2.33. The molecule has 140 valence electrons. The number of halogens is 1. The summed E-state index contributed by atoms with van der Waals surface area (Å²) in [4.78, 5) is 19.8. The lowest BCUT2D eigenvalue weighted by molar-refractivity contribution is 0.0749. The quantitative estimate of drug-likeness (QED) is 0.776. The Kier molecular flexibility index (Phi) is 6.00. The number of hydrogen-bond acceptors (Lipinski definition) is 7. The first-order valence-electron chi connectivity index (χ1n) is 8.48. The number of nitrogens with zero attached hydrogens (tertiary/aromatic N) is 4. The van der Waals surface area contributed by atoms with Crippen LogP contribution in [0.5, 0.6) is 5.75 Å². The van der Waals surface area contributed by atoms with E-state index in [1.165, 1.54) is 12.1 Å². The fraction of sp³-hybridized carbons (Fsp3) is 0.471. The highest BCUT2D eigenvalue weighted by Gasteiger charge is 2.23. The normalized spacial score (nSPS) is 15.1. The molecule has 1 aromatic carbocycles. The third-order valence-electron chi connectivity index (χ3n) is 3.95. The smallest absolute Gasteiger partial charge is 0.409 e. The van der Waals surface area contributed by atoms with Gasteiger partial charge in [0.25, 0.3) is 0 Å². The number of benzene rings is 1. The van der Waals surface area contributed by atoms with Crippen molar-refractivity contribution in [1.82, 2.24) is 19.9 Å². The molecule has 2 aromatic rings. The molecule has 1 aliphatic rings. The first-order valence-corrected chi connectivity index (χ1v) is 8.48. The first-order chi connectivity index (χ1) is 12.6. The van der Waals surface area contributed by atoms with Gasteiger partial charge in [0.05, 0.1) is 13.2 Å². The zero-order valence-electron chi connectivity index (χ0n) is 14.6. The Morgan fingerprint density at radius 1 is 1.23 bits per heavy atom. The van der Waals surface area contributed by atoms with E-state index in [0.717, 1.165) is 0 Å². The largest absolute Gasteiger partial charge is 0.485 e. The van der Waals surface area contributed by atoms with Gasteiger partial charge in [0.2, 0.25) is 11.7 Å². The van der Waals surface area contributed by atoms with Gasteiger partial charge >= 0.3 is 6.09 Å². The zero-order valence-corrected chi connectivity index (χ0v) is 14.6. The minimum atomic E-state index is -0.317. The summed E-state index contributed by atoms with van der Waals surface area (Å²) in [6, 6.07) is 5.73. The van der Waals surface area contributed by atoms with Crippen LogP contribution < -0.4 is 4.74 Å². The van der Waals surface area contributed by atoms with E-state index < -0.39 is 0 Å². The van der Waals surface area contributed by atoms with Gasteiger partial charge in [-0.15, -0.1) is 0 Å². The fourth-order valence-corrected chi connectivity index (χ4v) is 2.59. The monoisotopic (exact) mass is 364 g/mol. The average molecular weight is 364 g/mol. The molecule has 0 atom stereocenters. The molecule has 3 rings (SSSR count). The van der Waals surface area contributed by atoms with Crippen molar-refractivity contribution in [2.45, 2.75) is 20.1 Å². The van der Waals surface area contributed by atoms with E-state index in [1.54, 1.807) is 24.0 Å². The van der Waals surface area contributed by atoms with Crippen molar-refractivity contribution < 1.29 is 23.2 Å². The molecule has 8 nitrogen and oxygen atoms in total. The third kappa shape index (κ3) is 4.92. The van der Waals surface area contributed by atoms with Crippen molar-refractivity contribution in [3.8, 4) is 5.75 Å². The van der Waals surface area contributed by atoms with Crippen molar-refractivity contribution in [3.63, 3.8) is 0 Å². The van der Waals surface area contributed by atoms with Gasteiger partial charge in [-0.2, -0.15) is 4.98 Å². The molecule has 0 unspecified atom stereocenters. The molecule has 0 bridgehead atoms. The molecule has 0 aliphatic carbocycles. The van der Waals surface area contributed by atoms with E-state index >= 15 is 0 Å². The Balaban J connectivity index is 1.44. The van der Waals surface area contributed by atoms with Crippen LogP contribution in [0.2, 0.25) is 0 Å². The number of ether oxygens (including phenoxy) is 2. The van der Waals surface area contributed by atoms with Crippen LogP contribution in [0.15, 0.2) is 28.8 Å². The van der Waals surface area contributed by atoms with E-state index in [9.17, 15) is 9.18 Å². The van der Waals surface area contributed by atoms with Crippen molar-refractivity contribution >= 4 is 6.09 Å². The summed E-state index contributed by atoms with van der Waals surface area (Å²) in [6.45, 7) is 5.46. The Labute approximate surface area is 150 Å². The molecule has 9 heteroatoms. The van der Waals surface area contributed by atoms with Gasteiger partial charge in [0.1, 0.15) is 11.6 Å². The molecule has 0 N–H and O–H groups in total. The van der Waals surface area contributed by atoms with Gasteiger partial charge in [0, 0.05) is 26.2 Å². The van der Waals surface area contributed by atoms with Crippen LogP contribution >= 0.6 is 0 Å². The minimum absolute atomic E-state index is 0.145. The molecule has 0 spiro atoms. The van der Waals surface area contributed by atoms with E-state index in [0.29, 0.717) is 56.8 Å².